The lowest BCUT2D eigenvalue weighted by atomic mass is 10.1. The first-order valence-corrected chi connectivity index (χ1v) is 9.45. The maximum atomic E-state index is 14.0. The molecule has 0 aliphatic rings. The van der Waals surface area contributed by atoms with E-state index in [-0.39, 0.29) is 5.33 Å². The third kappa shape index (κ3) is 6.18. The summed E-state index contributed by atoms with van der Waals surface area (Å²) in [4.78, 5) is 13.5. The first kappa shape index (κ1) is 22.3. The normalized spacial score (nSPS) is 10.3. The molecule has 0 amide bonds. The van der Waals surface area contributed by atoms with E-state index in [4.69, 9.17) is 4.74 Å². The molecule has 0 heterocycles. The highest BCUT2D eigenvalue weighted by Gasteiger charge is 2.18. The van der Waals surface area contributed by atoms with E-state index in [9.17, 15) is 13.6 Å². The van der Waals surface area contributed by atoms with Crippen LogP contribution >= 0.6 is 15.9 Å². The number of alkyl halides is 1. The Morgan fingerprint density at radius 1 is 1.04 bits per heavy atom. The smallest absolute Gasteiger partial charge is 0.179 e. The van der Waals surface area contributed by atoms with E-state index in [0.29, 0.717) is 18.7 Å². The van der Waals surface area contributed by atoms with Crippen molar-refractivity contribution < 1.29 is 18.3 Å². The van der Waals surface area contributed by atoms with E-state index in [0.717, 1.165) is 11.3 Å². The Labute approximate surface area is 162 Å². The number of carbonyl (C=O) groups excluding carboxylic acids is 1. The molecule has 0 atom stereocenters. The Hall–Kier alpha value is -1.79. The number of hydrogen-bond acceptors (Lipinski definition) is 3. The molecule has 0 aliphatic carbocycles. The molecule has 0 fully saturated rings. The quantitative estimate of drug-likeness (QED) is 0.448. The molecule has 0 bridgehead atoms. The fourth-order valence-corrected chi connectivity index (χ4v) is 2.74. The molecule has 0 saturated heterocycles. The van der Waals surface area contributed by atoms with E-state index in [1.165, 1.54) is 12.1 Å². The summed E-state index contributed by atoms with van der Waals surface area (Å²) in [6.07, 6.45) is 0. The number of benzene rings is 2. The first-order valence-electron chi connectivity index (χ1n) is 8.33. The molecule has 0 N–H and O–H groups in total. The van der Waals surface area contributed by atoms with Crippen molar-refractivity contribution in [2.75, 3.05) is 19.5 Å². The minimum Gasteiger partial charge on any atom is -0.497 e. The molecule has 0 unspecified atom stereocenters. The Morgan fingerprint density at radius 3 is 2.00 bits per heavy atom. The molecule has 0 saturated carbocycles. The lowest BCUT2D eigenvalue weighted by Gasteiger charge is -2.17. The maximum Gasteiger partial charge on any atom is 0.179 e. The second kappa shape index (κ2) is 11.0. The number of ether oxygens (including phenoxy) is 1. The summed E-state index contributed by atoms with van der Waals surface area (Å²) in [5.74, 6) is -1.49. The summed E-state index contributed by atoms with van der Waals surface area (Å²) >= 11 is 2.93. The lowest BCUT2D eigenvalue weighted by Crippen LogP contribution is -2.18. The summed E-state index contributed by atoms with van der Waals surface area (Å²) in [6, 6.07) is 10.0. The van der Waals surface area contributed by atoms with Crippen molar-refractivity contribution in [3.05, 3.63) is 64.7 Å². The van der Waals surface area contributed by atoms with Crippen LogP contribution < -0.4 is 4.74 Å². The highest BCUT2D eigenvalue weighted by molar-refractivity contribution is 9.09. The number of Topliss-reactive ketones (excluding diaryl/α,β-unsaturated/α-hetero) is 1. The molecule has 3 nitrogen and oxygen atoms in total. The molecule has 142 valence electrons. The zero-order valence-electron chi connectivity index (χ0n) is 15.5. The van der Waals surface area contributed by atoms with Crippen molar-refractivity contribution in [3.8, 4) is 5.75 Å². The van der Waals surface area contributed by atoms with Gasteiger partial charge in [0.05, 0.1) is 18.0 Å². The Bertz CT molecular complexity index is 697. The van der Waals surface area contributed by atoms with Crippen LogP contribution in [0.15, 0.2) is 36.4 Å². The fraction of sp³-hybridized carbons (Fsp3) is 0.350. The van der Waals surface area contributed by atoms with Gasteiger partial charge in [0.2, 0.25) is 0 Å². The summed E-state index contributed by atoms with van der Waals surface area (Å²) < 4.78 is 33.1. The number of halogens is 3. The average Bonchev–Trinajstić information content (AvgIpc) is 2.63. The molecule has 26 heavy (non-hydrogen) atoms. The van der Waals surface area contributed by atoms with Crippen LogP contribution in [0.1, 0.15) is 35.3 Å². The largest absolute Gasteiger partial charge is 0.497 e. The topological polar surface area (TPSA) is 29.5 Å². The van der Waals surface area contributed by atoms with Gasteiger partial charge in [-0.15, -0.1) is 0 Å². The summed E-state index contributed by atoms with van der Waals surface area (Å²) in [6.45, 7) is 4.98. The third-order valence-electron chi connectivity index (χ3n) is 3.57. The van der Waals surface area contributed by atoms with E-state index in [1.807, 2.05) is 50.1 Å². The first-order chi connectivity index (χ1) is 12.4. The minimum atomic E-state index is -0.827. The van der Waals surface area contributed by atoms with Crippen molar-refractivity contribution in [1.82, 2.24) is 4.90 Å². The van der Waals surface area contributed by atoms with Gasteiger partial charge in [0.25, 0.3) is 0 Å². The van der Waals surface area contributed by atoms with Crippen LogP contribution in [0.3, 0.4) is 0 Å². The van der Waals surface area contributed by atoms with E-state index in [2.05, 4.69) is 15.9 Å². The zero-order chi connectivity index (χ0) is 19.7. The Balaban J connectivity index is 0.00000163. The van der Waals surface area contributed by atoms with Crippen LogP contribution in [-0.2, 0) is 13.1 Å². The van der Waals surface area contributed by atoms with Crippen molar-refractivity contribution in [1.29, 1.82) is 0 Å². The van der Waals surface area contributed by atoms with Gasteiger partial charge in [-0.25, -0.2) is 8.78 Å². The van der Waals surface area contributed by atoms with Crippen LogP contribution in [0.25, 0.3) is 0 Å². The molecule has 0 aliphatic heterocycles. The van der Waals surface area contributed by atoms with Crippen LogP contribution in [0.4, 0.5) is 8.78 Å². The number of methoxy groups -OCH3 is 1. The monoisotopic (exact) mass is 427 g/mol. The highest BCUT2D eigenvalue weighted by Crippen LogP contribution is 2.19. The van der Waals surface area contributed by atoms with Crippen LogP contribution in [0.5, 0.6) is 5.75 Å². The van der Waals surface area contributed by atoms with Gasteiger partial charge in [-0.05, 0) is 42.4 Å². The summed E-state index contributed by atoms with van der Waals surface area (Å²) in [5.41, 5.74) is 1.05. The van der Waals surface area contributed by atoms with Gasteiger partial charge in [-0.3, -0.25) is 9.69 Å². The number of rotatable bonds is 7. The molecule has 0 aromatic heterocycles. The minimum absolute atomic E-state index is 0.114. The lowest BCUT2D eigenvalue weighted by molar-refractivity contribution is 0.101. The molecular formula is C20H24BrF2NO2. The Morgan fingerprint density at radius 2 is 1.54 bits per heavy atom. The van der Waals surface area contributed by atoms with Gasteiger partial charge in [-0.2, -0.15) is 0 Å². The SMILES string of the molecule is CC.COc1ccc(CN(C)Cc2cc(F)c(C(=O)CBr)c(F)c2)cc1. The molecular weight excluding hydrogens is 404 g/mol. The second-order valence-electron chi connectivity index (χ2n) is 5.51. The van der Waals surface area contributed by atoms with Gasteiger partial charge in [-0.1, -0.05) is 41.9 Å². The van der Waals surface area contributed by atoms with Gasteiger partial charge < -0.3 is 4.74 Å². The molecule has 2 aromatic carbocycles. The summed E-state index contributed by atoms with van der Waals surface area (Å²) in [7, 11) is 3.46. The molecule has 2 aromatic rings. The van der Waals surface area contributed by atoms with Crippen LogP contribution in [-0.4, -0.2) is 30.2 Å². The molecule has 0 radical (unpaired) electrons. The van der Waals surface area contributed by atoms with Crippen LogP contribution in [0, 0.1) is 11.6 Å². The molecule has 2 rings (SSSR count). The van der Waals surface area contributed by atoms with Gasteiger partial charge >= 0.3 is 0 Å². The van der Waals surface area contributed by atoms with Crippen molar-refractivity contribution in [3.63, 3.8) is 0 Å². The number of ketones is 1. The predicted molar refractivity (Wildman–Crippen MR) is 104 cm³/mol. The summed E-state index contributed by atoms with van der Waals surface area (Å²) in [5, 5.41) is -0.114. The van der Waals surface area contributed by atoms with E-state index in [1.54, 1.807) is 7.11 Å². The molecule has 6 heteroatoms. The second-order valence-corrected chi connectivity index (χ2v) is 6.07. The zero-order valence-corrected chi connectivity index (χ0v) is 17.1. The number of nitrogens with zero attached hydrogens (tertiary/aromatic N) is 1. The number of carbonyl (C=O) groups is 1. The molecule has 0 spiro atoms. The van der Waals surface area contributed by atoms with E-state index >= 15 is 0 Å². The van der Waals surface area contributed by atoms with Crippen molar-refractivity contribution in [2.45, 2.75) is 26.9 Å². The maximum absolute atomic E-state index is 14.0. The van der Waals surface area contributed by atoms with Crippen LogP contribution in [0.2, 0.25) is 0 Å². The standard InChI is InChI=1S/C18H18BrF2NO2.C2H6/c1-22(10-12-3-5-14(24-2)6-4-12)11-13-7-15(20)18(16(21)8-13)17(23)9-19;1-2/h3-8H,9-11H2,1-2H3;1-2H3. The average molecular weight is 428 g/mol. The number of hydrogen-bond donors (Lipinski definition) is 0. The Kier molecular flexibility index (Phi) is 9.44. The van der Waals surface area contributed by atoms with Gasteiger partial charge in [0, 0.05) is 13.1 Å². The van der Waals surface area contributed by atoms with Crippen molar-refractivity contribution in [2.24, 2.45) is 0 Å². The fourth-order valence-electron chi connectivity index (χ4n) is 2.46. The van der Waals surface area contributed by atoms with Crippen molar-refractivity contribution >= 4 is 21.7 Å². The van der Waals surface area contributed by atoms with Gasteiger partial charge in [0.15, 0.2) is 5.78 Å². The van der Waals surface area contributed by atoms with E-state index < -0.39 is 23.0 Å². The highest BCUT2D eigenvalue weighted by atomic mass is 79.9. The predicted octanol–water partition coefficient (Wildman–Crippen LogP) is 5.21. The third-order valence-corrected chi connectivity index (χ3v) is 4.08. The van der Waals surface area contributed by atoms with Gasteiger partial charge in [0.1, 0.15) is 17.4 Å².